The second-order valence-electron chi connectivity index (χ2n) is 8.85. The van der Waals surface area contributed by atoms with Gasteiger partial charge in [-0.25, -0.2) is 4.79 Å². The van der Waals surface area contributed by atoms with Crippen molar-refractivity contribution >= 4 is 23.5 Å². The highest BCUT2D eigenvalue weighted by Gasteiger charge is 2.65. The standard InChI is InChI=1S/C21H17F6N5O5/c1-2-11-13-19(15(33)28-18(35)29-16(19)34)6-9-5-8(14-30-31-17(37-14)21(25,26)27)3-4-10(9)32(13)7-12(36-11)20(22,23)24/h3-5,11-13H,2,6-7H2,1H3,(H2,28,29,33,34,35)/t11-,12-,13+/m0/s1. The summed E-state index contributed by atoms with van der Waals surface area (Å²) in [6.45, 7) is 0.761. The molecule has 198 valence electrons. The quantitative estimate of drug-likeness (QED) is 0.446. The van der Waals surface area contributed by atoms with Crippen molar-refractivity contribution in [1.82, 2.24) is 20.8 Å². The summed E-state index contributed by atoms with van der Waals surface area (Å²) in [5.41, 5.74) is -1.74. The molecular weight excluding hydrogens is 516 g/mol. The average molecular weight is 533 g/mol. The maximum Gasteiger partial charge on any atom is 0.470 e. The maximum absolute atomic E-state index is 13.7. The fraction of sp³-hybridized carbons (Fsp3) is 0.476. The molecule has 16 heteroatoms. The van der Waals surface area contributed by atoms with E-state index in [1.807, 2.05) is 10.6 Å². The first-order valence-electron chi connectivity index (χ1n) is 11.0. The van der Waals surface area contributed by atoms with Crippen LogP contribution in [0.15, 0.2) is 22.6 Å². The van der Waals surface area contributed by atoms with Crippen molar-refractivity contribution in [2.24, 2.45) is 5.41 Å². The van der Waals surface area contributed by atoms with Crippen LogP contribution in [0.3, 0.4) is 0 Å². The highest BCUT2D eigenvalue weighted by atomic mass is 19.4. The first-order valence-corrected chi connectivity index (χ1v) is 11.0. The summed E-state index contributed by atoms with van der Waals surface area (Å²) >= 11 is 0. The number of carbonyl (C=O) groups is 3. The number of nitrogens with one attached hydrogen (secondary N) is 2. The number of amides is 4. The van der Waals surface area contributed by atoms with Crippen molar-refractivity contribution < 1.29 is 49.9 Å². The fourth-order valence-electron chi connectivity index (χ4n) is 5.15. The van der Waals surface area contributed by atoms with Gasteiger partial charge in [0.15, 0.2) is 11.5 Å². The van der Waals surface area contributed by atoms with Crippen LogP contribution in [0, 0.1) is 5.41 Å². The third-order valence-electron chi connectivity index (χ3n) is 6.70. The fourth-order valence-corrected chi connectivity index (χ4v) is 5.15. The van der Waals surface area contributed by atoms with E-state index < -0.39 is 72.2 Å². The number of aromatic nitrogens is 2. The number of imide groups is 2. The molecule has 3 aliphatic heterocycles. The van der Waals surface area contributed by atoms with E-state index in [1.165, 1.54) is 30.0 Å². The van der Waals surface area contributed by atoms with E-state index in [0.717, 1.165) is 0 Å². The van der Waals surface area contributed by atoms with Crippen molar-refractivity contribution in [2.45, 2.75) is 50.4 Å². The number of alkyl halides is 6. The van der Waals surface area contributed by atoms with Crippen LogP contribution in [0.5, 0.6) is 0 Å². The van der Waals surface area contributed by atoms with Gasteiger partial charge in [0.1, 0.15) is 0 Å². The molecule has 0 aliphatic carbocycles. The topological polar surface area (TPSA) is 127 Å². The van der Waals surface area contributed by atoms with E-state index >= 15 is 0 Å². The highest BCUT2D eigenvalue weighted by Crippen LogP contribution is 2.49. The lowest BCUT2D eigenvalue weighted by Gasteiger charge is -2.56. The molecule has 4 heterocycles. The van der Waals surface area contributed by atoms with E-state index in [1.54, 1.807) is 0 Å². The van der Waals surface area contributed by atoms with Crippen molar-refractivity contribution in [1.29, 1.82) is 0 Å². The van der Waals surface area contributed by atoms with Gasteiger partial charge in [-0.3, -0.25) is 20.2 Å². The monoisotopic (exact) mass is 533 g/mol. The number of halogens is 6. The van der Waals surface area contributed by atoms with Crippen LogP contribution in [0.25, 0.3) is 11.5 Å². The predicted octanol–water partition coefficient (Wildman–Crippen LogP) is 2.58. The van der Waals surface area contributed by atoms with Crippen molar-refractivity contribution in [3.63, 3.8) is 0 Å². The molecule has 37 heavy (non-hydrogen) atoms. The van der Waals surface area contributed by atoms with E-state index in [4.69, 9.17) is 4.74 Å². The van der Waals surface area contributed by atoms with Crippen molar-refractivity contribution in [3.05, 3.63) is 29.7 Å². The third-order valence-corrected chi connectivity index (χ3v) is 6.70. The number of benzene rings is 1. The van der Waals surface area contributed by atoms with Crippen molar-refractivity contribution in [3.8, 4) is 11.5 Å². The summed E-state index contributed by atoms with van der Waals surface area (Å²) in [5.74, 6) is -4.19. The summed E-state index contributed by atoms with van der Waals surface area (Å²) in [6.07, 6.45) is -13.6. The third kappa shape index (κ3) is 3.89. The van der Waals surface area contributed by atoms with Crippen molar-refractivity contribution in [2.75, 3.05) is 11.4 Å². The second-order valence-corrected chi connectivity index (χ2v) is 8.85. The lowest BCUT2D eigenvalue weighted by Crippen LogP contribution is -2.76. The van der Waals surface area contributed by atoms with Crippen LogP contribution in [0.1, 0.15) is 24.8 Å². The minimum absolute atomic E-state index is 0.000373. The number of hydrogen-bond acceptors (Lipinski definition) is 8. The molecule has 2 fully saturated rings. The lowest BCUT2D eigenvalue weighted by atomic mass is 9.66. The Balaban J connectivity index is 1.66. The van der Waals surface area contributed by atoms with E-state index in [9.17, 15) is 40.7 Å². The minimum Gasteiger partial charge on any atom is -0.413 e. The number of morpholine rings is 1. The molecular formula is C21H17F6N5O5. The lowest BCUT2D eigenvalue weighted by molar-refractivity contribution is -0.245. The summed E-state index contributed by atoms with van der Waals surface area (Å²) in [6, 6.07) is 1.58. The zero-order chi connectivity index (χ0) is 26.9. The van der Waals surface area contributed by atoms with Gasteiger partial charge >= 0.3 is 24.3 Å². The number of nitrogens with zero attached hydrogens (tertiary/aromatic N) is 3. The zero-order valence-corrected chi connectivity index (χ0v) is 18.7. The van der Waals surface area contributed by atoms with Gasteiger partial charge < -0.3 is 14.1 Å². The second kappa shape index (κ2) is 8.16. The molecule has 1 aromatic carbocycles. The Morgan fingerprint density at radius 1 is 1.08 bits per heavy atom. The Morgan fingerprint density at radius 2 is 1.76 bits per heavy atom. The van der Waals surface area contributed by atoms with Gasteiger partial charge in [-0.2, -0.15) is 26.3 Å². The Morgan fingerprint density at radius 3 is 2.32 bits per heavy atom. The molecule has 2 aromatic rings. The number of ether oxygens (including phenoxy) is 1. The van der Waals surface area contributed by atoms with E-state index in [-0.39, 0.29) is 29.7 Å². The summed E-state index contributed by atoms with van der Waals surface area (Å²) < 4.78 is 89.9. The van der Waals surface area contributed by atoms with Gasteiger partial charge in [0.25, 0.3) is 0 Å². The summed E-state index contributed by atoms with van der Waals surface area (Å²) in [4.78, 5) is 39.4. The number of carbonyl (C=O) groups excluding carboxylic acids is 3. The molecule has 3 atom stereocenters. The van der Waals surface area contributed by atoms with Gasteiger partial charge in [0, 0.05) is 11.3 Å². The zero-order valence-electron chi connectivity index (χ0n) is 18.7. The summed E-state index contributed by atoms with van der Waals surface area (Å²) in [7, 11) is 0. The first-order chi connectivity index (χ1) is 17.3. The predicted molar refractivity (Wildman–Crippen MR) is 109 cm³/mol. The number of fused-ring (bicyclic) bond motifs is 4. The molecule has 5 rings (SSSR count). The van der Waals surface area contributed by atoms with Gasteiger partial charge in [-0.15, -0.1) is 10.2 Å². The molecule has 0 unspecified atom stereocenters. The average Bonchev–Trinajstić information content (AvgIpc) is 3.31. The molecule has 4 amide bonds. The van der Waals surface area contributed by atoms with Crippen LogP contribution in [-0.2, 0) is 26.9 Å². The van der Waals surface area contributed by atoms with E-state index in [0.29, 0.717) is 0 Å². The Kier molecular flexibility index (Phi) is 5.51. The van der Waals surface area contributed by atoms with Gasteiger partial charge in [-0.05, 0) is 36.6 Å². The maximum atomic E-state index is 13.7. The van der Waals surface area contributed by atoms with Crippen LogP contribution >= 0.6 is 0 Å². The Bertz CT molecular complexity index is 1270. The minimum atomic E-state index is -4.91. The summed E-state index contributed by atoms with van der Waals surface area (Å²) in [5, 5.41) is 10.3. The van der Waals surface area contributed by atoms with Gasteiger partial charge in [0.05, 0.1) is 18.7 Å². The van der Waals surface area contributed by atoms with Crippen LogP contribution in [-0.4, -0.2) is 59.0 Å². The molecule has 1 aromatic heterocycles. The Labute approximate surface area is 203 Å². The molecule has 0 radical (unpaired) electrons. The first kappa shape index (κ1) is 25.0. The number of urea groups is 1. The Hall–Kier alpha value is -3.69. The number of hydrogen-bond donors (Lipinski definition) is 2. The van der Waals surface area contributed by atoms with Gasteiger partial charge in [-0.1, -0.05) is 6.92 Å². The molecule has 1 spiro atoms. The largest absolute Gasteiger partial charge is 0.470 e. The molecule has 0 saturated carbocycles. The highest BCUT2D eigenvalue weighted by molar-refractivity contribution is 6.20. The van der Waals surface area contributed by atoms with Crippen LogP contribution in [0.4, 0.5) is 36.8 Å². The van der Waals surface area contributed by atoms with Gasteiger partial charge in [0.2, 0.25) is 17.7 Å². The molecule has 2 N–H and O–H groups in total. The van der Waals surface area contributed by atoms with Crippen LogP contribution < -0.4 is 15.5 Å². The molecule has 0 bridgehead atoms. The molecule has 10 nitrogen and oxygen atoms in total. The SMILES string of the molecule is CC[C@@H]1O[C@H](C(F)(F)F)CN2c3ccc(-c4nnc(C(F)(F)F)o4)cc3CC3(C(=O)NC(=O)NC3=O)[C@@H]12. The molecule has 2 saturated heterocycles. The van der Waals surface area contributed by atoms with Crippen LogP contribution in [0.2, 0.25) is 0 Å². The number of anilines is 1. The molecule has 3 aliphatic rings. The number of barbiturate groups is 1. The van der Waals surface area contributed by atoms with E-state index in [2.05, 4.69) is 14.6 Å². The number of rotatable bonds is 2. The normalized spacial score (nSPS) is 25.4. The smallest absolute Gasteiger partial charge is 0.413 e.